The summed E-state index contributed by atoms with van der Waals surface area (Å²) in [6.45, 7) is -0.340. The Bertz CT molecular complexity index is 1020. The van der Waals surface area contributed by atoms with Crippen molar-refractivity contribution in [1.82, 2.24) is 9.55 Å². The van der Waals surface area contributed by atoms with Gasteiger partial charge in [0.25, 0.3) is 0 Å². The Morgan fingerprint density at radius 1 is 1.14 bits per heavy atom. The Morgan fingerprint density at radius 3 is 2.51 bits per heavy atom. The van der Waals surface area contributed by atoms with Gasteiger partial charge in [-0.05, 0) is 31.0 Å². The second-order valence-corrected chi connectivity index (χ2v) is 8.05. The normalized spacial score (nSPS) is 21.2. The van der Waals surface area contributed by atoms with Crippen LogP contribution in [0.25, 0.3) is 0 Å². The van der Waals surface area contributed by atoms with E-state index in [-0.39, 0.29) is 29.5 Å². The van der Waals surface area contributed by atoms with Gasteiger partial charge >= 0.3 is 11.7 Å². The smallest absolute Gasteiger partial charge is 0.351 e. The largest absolute Gasteiger partial charge is 0.463 e. The third kappa shape index (κ3) is 8.11. The molecule has 1 aromatic heterocycles. The molecule has 3 rings (SSSR count). The minimum atomic E-state index is -1.90. The molecule has 1 fully saturated rings. The molecule has 10 nitrogen and oxygen atoms in total. The summed E-state index contributed by atoms with van der Waals surface area (Å²) in [5, 5.41) is 12.9. The van der Waals surface area contributed by atoms with Crippen molar-refractivity contribution in [3.8, 4) is 0 Å². The average molecular weight is 497 g/mol. The molecule has 4 N–H and O–H groups in total. The van der Waals surface area contributed by atoms with Gasteiger partial charge in [0.15, 0.2) is 12.4 Å². The van der Waals surface area contributed by atoms with Crippen LogP contribution in [0.5, 0.6) is 0 Å². The van der Waals surface area contributed by atoms with E-state index in [0.29, 0.717) is 19.3 Å². The summed E-state index contributed by atoms with van der Waals surface area (Å²) in [7, 11) is 0. The summed E-state index contributed by atoms with van der Waals surface area (Å²) in [6, 6.07) is 10.5. The molecule has 2 heterocycles. The van der Waals surface area contributed by atoms with Crippen molar-refractivity contribution >= 4 is 23.4 Å². The van der Waals surface area contributed by atoms with Crippen LogP contribution in [-0.2, 0) is 19.1 Å². The first-order valence-electron chi connectivity index (χ1n) is 11.2. The molecule has 2 aromatic rings. The quantitative estimate of drug-likeness (QED) is 0.317. The summed E-state index contributed by atoms with van der Waals surface area (Å²) < 4.78 is 25.9. The molecule has 0 bridgehead atoms. The number of alkyl halides is 1. The summed E-state index contributed by atoms with van der Waals surface area (Å²) in [5.41, 5.74) is 5.37. The van der Waals surface area contributed by atoms with Gasteiger partial charge in [0, 0.05) is 24.7 Å². The molecule has 192 valence electrons. The number of aliphatic hydroxyl groups excluding tert-OH is 1. The van der Waals surface area contributed by atoms with Crippen LogP contribution in [0.3, 0.4) is 0 Å². The lowest BCUT2D eigenvalue weighted by atomic mass is 10.1. The number of carbonyl (C=O) groups is 2. The highest BCUT2D eigenvalue weighted by atomic mass is 19.1. The van der Waals surface area contributed by atoms with Gasteiger partial charge in [0.1, 0.15) is 24.6 Å². The number of nitrogens with two attached hydrogens (primary N) is 1. The van der Waals surface area contributed by atoms with Crippen molar-refractivity contribution in [2.45, 2.75) is 63.1 Å². The van der Waals surface area contributed by atoms with E-state index >= 15 is 0 Å². The number of carbonyl (C=O) groups excluding carboxylic acids is 2. The van der Waals surface area contributed by atoms with Gasteiger partial charge in [-0.25, -0.2) is 9.18 Å². The van der Waals surface area contributed by atoms with Crippen molar-refractivity contribution in [3.63, 3.8) is 0 Å². The van der Waals surface area contributed by atoms with Crippen LogP contribution in [-0.4, -0.2) is 51.5 Å². The lowest BCUT2D eigenvalue weighted by molar-refractivity contribution is -0.150. The second kappa shape index (κ2) is 13.5. The molecule has 1 amide bonds. The topological polar surface area (TPSA) is 146 Å². The minimum absolute atomic E-state index is 0. The molecule has 4 atom stereocenters. The maximum Gasteiger partial charge on any atom is 0.351 e. The molecule has 0 radical (unpaired) electrons. The van der Waals surface area contributed by atoms with Crippen molar-refractivity contribution in [3.05, 3.63) is 53.1 Å². The number of ether oxygens (including phenoxy) is 2. The lowest BCUT2D eigenvalue weighted by Crippen LogP contribution is -2.34. The molecule has 1 unspecified atom stereocenters. The molecule has 1 aliphatic rings. The third-order valence-corrected chi connectivity index (χ3v) is 5.42. The van der Waals surface area contributed by atoms with Crippen LogP contribution >= 0.6 is 0 Å². The molecule has 1 aromatic carbocycles. The SMILES string of the molecule is F.Nc1ccn([C@@H]2O[C@H](COC(=O)CCCCCCC(=O)Nc3ccccc3)[C@@H](O)C2F)c(=O)n1. The first kappa shape index (κ1) is 27.9. The lowest BCUT2D eigenvalue weighted by Gasteiger charge is -2.16. The van der Waals surface area contributed by atoms with Gasteiger partial charge < -0.3 is 25.6 Å². The summed E-state index contributed by atoms with van der Waals surface area (Å²) in [4.78, 5) is 39.3. The molecular formula is C23H30F2N4O6. The number of halogens is 2. The van der Waals surface area contributed by atoms with Gasteiger partial charge in [-0.1, -0.05) is 31.0 Å². The highest BCUT2D eigenvalue weighted by Crippen LogP contribution is 2.31. The van der Waals surface area contributed by atoms with E-state index < -0.39 is 36.3 Å². The molecule has 1 aliphatic heterocycles. The van der Waals surface area contributed by atoms with Crippen LogP contribution in [0.15, 0.2) is 47.4 Å². The number of esters is 1. The average Bonchev–Trinajstić information content (AvgIpc) is 3.09. The number of para-hydroxylation sites is 1. The van der Waals surface area contributed by atoms with E-state index in [4.69, 9.17) is 15.2 Å². The van der Waals surface area contributed by atoms with Crippen LogP contribution in [0.2, 0.25) is 0 Å². The summed E-state index contributed by atoms with van der Waals surface area (Å²) in [6.07, 6.45) is -1.37. The summed E-state index contributed by atoms with van der Waals surface area (Å²) >= 11 is 0. The summed E-state index contributed by atoms with van der Waals surface area (Å²) in [5.74, 6) is -0.568. The highest BCUT2D eigenvalue weighted by Gasteiger charge is 2.46. The number of amides is 1. The fourth-order valence-corrected chi connectivity index (χ4v) is 3.59. The molecule has 0 spiro atoms. The number of rotatable bonds is 11. The van der Waals surface area contributed by atoms with E-state index in [1.165, 1.54) is 12.3 Å². The van der Waals surface area contributed by atoms with Crippen molar-refractivity contribution in [1.29, 1.82) is 0 Å². The van der Waals surface area contributed by atoms with Gasteiger partial charge in [-0.3, -0.25) is 18.9 Å². The third-order valence-electron chi connectivity index (χ3n) is 5.42. The number of hydrogen-bond acceptors (Lipinski definition) is 8. The van der Waals surface area contributed by atoms with E-state index in [2.05, 4.69) is 10.3 Å². The van der Waals surface area contributed by atoms with E-state index in [1.807, 2.05) is 30.3 Å². The van der Waals surface area contributed by atoms with Gasteiger partial charge in [0.2, 0.25) is 5.91 Å². The van der Waals surface area contributed by atoms with Crippen LogP contribution in [0.4, 0.5) is 20.6 Å². The number of nitrogen functional groups attached to an aromatic ring is 1. The Balaban J connectivity index is 0.00000432. The predicted molar refractivity (Wildman–Crippen MR) is 124 cm³/mol. The van der Waals surface area contributed by atoms with Crippen LogP contribution in [0, 0.1) is 0 Å². The Labute approximate surface area is 200 Å². The fraction of sp³-hybridized carbons (Fsp3) is 0.478. The van der Waals surface area contributed by atoms with Crippen molar-refractivity contribution in [2.75, 3.05) is 17.7 Å². The minimum Gasteiger partial charge on any atom is -0.463 e. The van der Waals surface area contributed by atoms with E-state index in [0.717, 1.165) is 23.1 Å². The number of aliphatic hydroxyl groups is 1. The molecule has 12 heteroatoms. The Hall–Kier alpha value is -3.38. The monoisotopic (exact) mass is 496 g/mol. The maximum atomic E-state index is 14.5. The zero-order valence-corrected chi connectivity index (χ0v) is 19.0. The maximum absolute atomic E-state index is 14.5. The first-order chi connectivity index (χ1) is 16.3. The second-order valence-electron chi connectivity index (χ2n) is 8.05. The Morgan fingerprint density at radius 2 is 1.83 bits per heavy atom. The zero-order chi connectivity index (χ0) is 24.5. The number of unbranched alkanes of at least 4 members (excludes halogenated alkanes) is 3. The zero-order valence-electron chi connectivity index (χ0n) is 19.0. The van der Waals surface area contributed by atoms with Crippen molar-refractivity contribution in [2.24, 2.45) is 0 Å². The van der Waals surface area contributed by atoms with Crippen LogP contribution < -0.4 is 16.7 Å². The molecule has 0 saturated carbocycles. The molecule has 1 saturated heterocycles. The predicted octanol–water partition coefficient (Wildman–Crippen LogP) is 2.10. The number of hydrogen-bond donors (Lipinski definition) is 3. The Kier molecular flexibility index (Phi) is 10.7. The van der Waals surface area contributed by atoms with E-state index in [9.17, 15) is 23.9 Å². The molecule has 35 heavy (non-hydrogen) atoms. The first-order valence-corrected chi connectivity index (χ1v) is 11.2. The number of nitrogens with one attached hydrogen (secondary N) is 1. The number of aromatic nitrogens is 2. The fourth-order valence-electron chi connectivity index (χ4n) is 3.59. The van der Waals surface area contributed by atoms with Gasteiger partial charge in [-0.15, -0.1) is 0 Å². The standard InChI is InChI=1S/C23H29FN4O6.FH/c24-20-21(31)16(34-22(20)28-13-12-17(25)27-23(28)32)14-33-19(30)11-7-2-1-6-10-18(29)26-15-8-4-3-5-9-15;/h3-5,8-9,12-13,16,20-22,31H,1-2,6-7,10-11,14H2,(H,26,29)(H2,25,27,32);1H/t16-,20?,21-,22-;/m1./s1. The van der Waals surface area contributed by atoms with Gasteiger partial charge in [0.05, 0.1) is 0 Å². The van der Waals surface area contributed by atoms with E-state index in [1.54, 1.807) is 0 Å². The number of anilines is 2. The molecule has 0 aliphatic carbocycles. The number of nitrogens with zero attached hydrogens (tertiary/aromatic N) is 2. The van der Waals surface area contributed by atoms with Crippen LogP contribution in [0.1, 0.15) is 44.8 Å². The molecular weight excluding hydrogens is 466 g/mol. The van der Waals surface area contributed by atoms with Crippen molar-refractivity contribution < 1.29 is 33.3 Å². The number of benzene rings is 1. The van der Waals surface area contributed by atoms with Gasteiger partial charge in [-0.2, -0.15) is 4.98 Å². The highest BCUT2D eigenvalue weighted by molar-refractivity contribution is 5.90.